The van der Waals surface area contributed by atoms with Crippen molar-refractivity contribution in [1.29, 1.82) is 0 Å². The number of nitrogens with zero attached hydrogens (tertiary/aromatic N) is 2. The Hall–Kier alpha value is -2.32. The summed E-state index contributed by atoms with van der Waals surface area (Å²) in [6, 6.07) is 5.45. The second-order valence-corrected chi connectivity index (χ2v) is 10.0. The second-order valence-electron chi connectivity index (χ2n) is 10.0. The molecular formula is C27H42N2O6. The Morgan fingerprint density at radius 3 is 2.57 bits per heavy atom. The van der Waals surface area contributed by atoms with E-state index in [1.165, 1.54) is 0 Å². The van der Waals surface area contributed by atoms with Gasteiger partial charge in [0.2, 0.25) is 12.7 Å². The van der Waals surface area contributed by atoms with Gasteiger partial charge in [-0.2, -0.15) is 0 Å². The molecule has 2 heterocycles. The number of carbonyl (C=O) groups excluding carboxylic acids is 1. The fourth-order valence-corrected chi connectivity index (χ4v) is 5.54. The number of hydrogen-bond acceptors (Lipinski definition) is 6. The minimum Gasteiger partial charge on any atom is -0.481 e. The number of aliphatic carboxylic acids is 1. The highest BCUT2D eigenvalue weighted by Crippen LogP contribution is 2.43. The Morgan fingerprint density at radius 1 is 1.14 bits per heavy atom. The van der Waals surface area contributed by atoms with Crippen LogP contribution in [0.3, 0.4) is 0 Å². The zero-order chi connectivity index (χ0) is 25.4. The molecular weight excluding hydrogens is 448 g/mol. The van der Waals surface area contributed by atoms with E-state index in [2.05, 4.69) is 25.7 Å². The molecule has 3 rings (SSSR count). The van der Waals surface area contributed by atoms with Crippen LogP contribution in [0.4, 0.5) is 0 Å². The number of aliphatic hydroxyl groups excluding tert-OH is 1. The number of carboxylic acid groups (broad SMARTS) is 1. The van der Waals surface area contributed by atoms with Crippen molar-refractivity contribution in [2.24, 2.45) is 11.8 Å². The predicted molar refractivity (Wildman–Crippen MR) is 134 cm³/mol. The minimum atomic E-state index is -0.820. The van der Waals surface area contributed by atoms with Gasteiger partial charge in [0.1, 0.15) is 0 Å². The average molecular weight is 491 g/mol. The molecule has 4 atom stereocenters. The Balaban J connectivity index is 1.86. The van der Waals surface area contributed by atoms with E-state index < -0.39 is 11.9 Å². The lowest BCUT2D eigenvalue weighted by atomic mass is 9.81. The molecule has 8 heteroatoms. The Kier molecular flexibility index (Phi) is 10.2. The number of likely N-dealkylation sites (tertiary alicyclic amines) is 1. The number of unbranched alkanes of at least 4 members (excludes halogenated alkanes) is 1. The third-order valence-corrected chi connectivity index (χ3v) is 7.34. The monoisotopic (exact) mass is 490 g/mol. The lowest BCUT2D eigenvalue weighted by Gasteiger charge is -2.31. The number of hydrogen-bond donors (Lipinski definition) is 2. The maximum Gasteiger partial charge on any atom is 0.308 e. The highest BCUT2D eigenvalue weighted by atomic mass is 16.7. The van der Waals surface area contributed by atoms with Gasteiger partial charge in [-0.25, -0.2) is 0 Å². The Bertz CT molecular complexity index is 839. The molecule has 0 aliphatic carbocycles. The fourth-order valence-electron chi connectivity index (χ4n) is 5.54. The maximum atomic E-state index is 13.4. The molecule has 196 valence electrons. The van der Waals surface area contributed by atoms with Crippen LogP contribution in [0.15, 0.2) is 18.2 Å². The molecule has 1 aromatic rings. The van der Waals surface area contributed by atoms with Crippen molar-refractivity contribution in [2.45, 2.75) is 71.3 Å². The molecule has 1 fully saturated rings. The molecule has 8 nitrogen and oxygen atoms in total. The molecule has 0 spiro atoms. The quantitative estimate of drug-likeness (QED) is 0.410. The first-order chi connectivity index (χ1) is 16.9. The predicted octanol–water partition coefficient (Wildman–Crippen LogP) is 3.72. The molecule has 1 aromatic carbocycles. The van der Waals surface area contributed by atoms with Gasteiger partial charge in [0.05, 0.1) is 12.5 Å². The zero-order valence-corrected chi connectivity index (χ0v) is 21.4. The number of aliphatic hydroxyl groups is 1. The summed E-state index contributed by atoms with van der Waals surface area (Å²) >= 11 is 0. The van der Waals surface area contributed by atoms with Gasteiger partial charge in [0.15, 0.2) is 11.5 Å². The Morgan fingerprint density at radius 2 is 1.89 bits per heavy atom. The van der Waals surface area contributed by atoms with Crippen LogP contribution in [-0.2, 0) is 9.59 Å². The van der Waals surface area contributed by atoms with Crippen LogP contribution in [0.1, 0.15) is 70.8 Å². The molecule has 2 N–H and O–H groups in total. The first-order valence-corrected chi connectivity index (χ1v) is 13.1. The summed E-state index contributed by atoms with van der Waals surface area (Å²) in [6.45, 7) is 8.51. The van der Waals surface area contributed by atoms with Gasteiger partial charge in [-0.05, 0) is 42.9 Å². The average Bonchev–Trinajstić information content (AvgIpc) is 3.43. The molecule has 2 aliphatic heterocycles. The third-order valence-electron chi connectivity index (χ3n) is 7.34. The van der Waals surface area contributed by atoms with E-state index in [0.717, 1.165) is 37.7 Å². The van der Waals surface area contributed by atoms with Crippen molar-refractivity contribution >= 4 is 11.9 Å². The zero-order valence-electron chi connectivity index (χ0n) is 21.4. The van der Waals surface area contributed by atoms with E-state index in [0.29, 0.717) is 43.5 Å². The van der Waals surface area contributed by atoms with Crippen LogP contribution in [0.2, 0.25) is 0 Å². The van der Waals surface area contributed by atoms with Gasteiger partial charge in [0.25, 0.3) is 0 Å². The number of ether oxygens (including phenoxy) is 2. The van der Waals surface area contributed by atoms with Gasteiger partial charge >= 0.3 is 5.97 Å². The first-order valence-electron chi connectivity index (χ1n) is 13.1. The molecule has 0 bridgehead atoms. The molecule has 1 unspecified atom stereocenters. The number of amides is 1. The standard InChI is InChI=1S/C27H42N2O6/c1-4-6-11-28(12-7-13-30)25(31)17-29-16-21(20-9-10-23-24(15-20)35-18-34-23)26(27(32)33)22(29)14-19(3)8-5-2/h9-10,15,19,21-22,26,30H,4-8,11-14,16-18H2,1-3H3,(H,32,33)/t19?,21-,22+,26-/m1/s1. The van der Waals surface area contributed by atoms with Crippen LogP contribution in [0, 0.1) is 11.8 Å². The molecule has 0 saturated carbocycles. The molecule has 1 amide bonds. The van der Waals surface area contributed by atoms with Crippen molar-refractivity contribution < 1.29 is 29.3 Å². The lowest BCUT2D eigenvalue weighted by molar-refractivity contribution is -0.144. The minimum absolute atomic E-state index is 0.00974. The van der Waals surface area contributed by atoms with E-state index >= 15 is 0 Å². The summed E-state index contributed by atoms with van der Waals surface area (Å²) in [5, 5.41) is 19.6. The fraction of sp³-hybridized carbons (Fsp3) is 0.704. The normalized spacial score (nSPS) is 22.3. The summed E-state index contributed by atoms with van der Waals surface area (Å²) in [5.74, 6) is 0.0284. The maximum absolute atomic E-state index is 13.4. The van der Waals surface area contributed by atoms with Crippen LogP contribution in [0.5, 0.6) is 11.5 Å². The SMILES string of the molecule is CCCCN(CCCO)C(=O)CN1C[C@H](c2ccc3c(c2)OCO3)[C@@H](C(=O)O)[C@@H]1CC(C)CCC. The number of benzene rings is 1. The third kappa shape index (κ3) is 6.88. The summed E-state index contributed by atoms with van der Waals surface area (Å²) in [7, 11) is 0. The number of carbonyl (C=O) groups is 2. The molecule has 2 aliphatic rings. The van der Waals surface area contributed by atoms with E-state index in [4.69, 9.17) is 9.47 Å². The van der Waals surface area contributed by atoms with E-state index in [1.54, 1.807) is 0 Å². The molecule has 0 aromatic heterocycles. The molecule has 35 heavy (non-hydrogen) atoms. The highest BCUT2D eigenvalue weighted by Gasteiger charge is 2.47. The van der Waals surface area contributed by atoms with Crippen molar-refractivity contribution in [2.75, 3.05) is 39.6 Å². The lowest BCUT2D eigenvalue weighted by Crippen LogP contribution is -2.45. The molecule has 1 saturated heterocycles. The molecule has 0 radical (unpaired) electrons. The van der Waals surface area contributed by atoms with Gasteiger partial charge in [0, 0.05) is 38.2 Å². The number of fused-ring (bicyclic) bond motifs is 1. The largest absolute Gasteiger partial charge is 0.481 e. The van der Waals surface area contributed by atoms with Gasteiger partial charge in [-0.1, -0.05) is 46.1 Å². The van der Waals surface area contributed by atoms with Crippen molar-refractivity contribution in [3.63, 3.8) is 0 Å². The second kappa shape index (κ2) is 13.1. The van der Waals surface area contributed by atoms with E-state index in [1.807, 2.05) is 23.1 Å². The van der Waals surface area contributed by atoms with E-state index in [9.17, 15) is 19.8 Å². The first kappa shape index (κ1) is 27.3. The van der Waals surface area contributed by atoms with Crippen molar-refractivity contribution in [3.8, 4) is 11.5 Å². The Labute approximate surface area is 209 Å². The van der Waals surface area contributed by atoms with E-state index in [-0.39, 0.29) is 37.8 Å². The van der Waals surface area contributed by atoms with Crippen LogP contribution >= 0.6 is 0 Å². The van der Waals surface area contributed by atoms with Crippen molar-refractivity contribution in [1.82, 2.24) is 9.80 Å². The topological polar surface area (TPSA) is 99.5 Å². The summed E-state index contributed by atoms with van der Waals surface area (Å²) in [6.07, 6.45) is 5.25. The van der Waals surface area contributed by atoms with Gasteiger partial charge in [-0.15, -0.1) is 0 Å². The van der Waals surface area contributed by atoms with Crippen LogP contribution in [0.25, 0.3) is 0 Å². The number of carboxylic acids is 1. The summed E-state index contributed by atoms with van der Waals surface area (Å²) in [4.78, 5) is 29.9. The smallest absolute Gasteiger partial charge is 0.308 e. The number of rotatable bonds is 14. The highest BCUT2D eigenvalue weighted by molar-refractivity contribution is 5.79. The van der Waals surface area contributed by atoms with Gasteiger partial charge in [-0.3, -0.25) is 14.5 Å². The summed E-state index contributed by atoms with van der Waals surface area (Å²) < 4.78 is 11.0. The van der Waals surface area contributed by atoms with Crippen LogP contribution < -0.4 is 9.47 Å². The summed E-state index contributed by atoms with van der Waals surface area (Å²) in [5.41, 5.74) is 0.910. The van der Waals surface area contributed by atoms with Crippen molar-refractivity contribution in [3.05, 3.63) is 23.8 Å². The van der Waals surface area contributed by atoms with Gasteiger partial charge < -0.3 is 24.6 Å². The van der Waals surface area contributed by atoms with Crippen LogP contribution in [-0.4, -0.2) is 77.5 Å².